The van der Waals surface area contributed by atoms with Crippen molar-refractivity contribution in [3.8, 4) is 6.07 Å². The number of thiophene rings is 1. The largest absolute Gasteiger partial charge is 0.376 e. The highest BCUT2D eigenvalue weighted by molar-refractivity contribution is 7.12. The van der Waals surface area contributed by atoms with Crippen LogP contribution < -0.4 is 5.32 Å². The van der Waals surface area contributed by atoms with Gasteiger partial charge >= 0.3 is 0 Å². The SMILES string of the molecule is Cc1cc(C(C)Nc2ccc(C#N)c(F)c2F)c(C)s1. The van der Waals surface area contributed by atoms with Crippen molar-refractivity contribution >= 4 is 17.0 Å². The maximum Gasteiger partial charge on any atom is 0.183 e. The molecule has 0 aliphatic rings. The number of rotatable bonds is 3. The van der Waals surface area contributed by atoms with Gasteiger partial charge in [0.05, 0.1) is 11.3 Å². The maximum atomic E-state index is 13.8. The molecule has 2 rings (SSSR count). The molecule has 0 saturated carbocycles. The minimum atomic E-state index is -1.11. The van der Waals surface area contributed by atoms with E-state index in [4.69, 9.17) is 5.26 Å². The van der Waals surface area contributed by atoms with Crippen LogP contribution in [0.15, 0.2) is 18.2 Å². The van der Waals surface area contributed by atoms with Crippen LogP contribution in [0.4, 0.5) is 14.5 Å². The lowest BCUT2D eigenvalue weighted by atomic mass is 10.1. The number of nitriles is 1. The quantitative estimate of drug-likeness (QED) is 0.891. The van der Waals surface area contributed by atoms with Crippen molar-refractivity contribution in [2.24, 2.45) is 0 Å². The smallest absolute Gasteiger partial charge is 0.183 e. The van der Waals surface area contributed by atoms with Gasteiger partial charge < -0.3 is 5.32 Å². The minimum absolute atomic E-state index is 0.0669. The van der Waals surface area contributed by atoms with Gasteiger partial charge in [-0.05, 0) is 44.5 Å². The number of hydrogen-bond acceptors (Lipinski definition) is 3. The van der Waals surface area contributed by atoms with E-state index in [1.807, 2.05) is 26.8 Å². The summed E-state index contributed by atoms with van der Waals surface area (Å²) < 4.78 is 27.4. The van der Waals surface area contributed by atoms with Crippen molar-refractivity contribution in [1.29, 1.82) is 5.26 Å². The molecular weight excluding hydrogens is 278 g/mol. The molecule has 0 fully saturated rings. The first-order valence-corrected chi connectivity index (χ1v) is 6.97. The second-order valence-corrected chi connectivity index (χ2v) is 6.10. The Kier molecular flexibility index (Phi) is 4.05. The number of halogens is 2. The third-order valence-corrected chi connectivity index (χ3v) is 4.10. The topological polar surface area (TPSA) is 35.8 Å². The summed E-state index contributed by atoms with van der Waals surface area (Å²) in [6.45, 7) is 5.90. The molecule has 1 aromatic heterocycles. The third kappa shape index (κ3) is 2.66. The van der Waals surface area contributed by atoms with Gasteiger partial charge in [-0.25, -0.2) is 8.78 Å². The van der Waals surface area contributed by atoms with Crippen LogP contribution in [0, 0.1) is 36.8 Å². The Hall–Kier alpha value is -1.93. The van der Waals surface area contributed by atoms with Crippen LogP contribution in [0.2, 0.25) is 0 Å². The van der Waals surface area contributed by atoms with E-state index >= 15 is 0 Å². The molecular formula is C15H14F2N2S. The number of benzene rings is 1. The molecule has 1 aromatic carbocycles. The molecule has 1 unspecified atom stereocenters. The summed E-state index contributed by atoms with van der Waals surface area (Å²) in [6, 6.07) is 6.19. The fraction of sp³-hybridized carbons (Fsp3) is 0.267. The fourth-order valence-electron chi connectivity index (χ4n) is 2.14. The van der Waals surface area contributed by atoms with E-state index in [1.54, 1.807) is 17.4 Å². The average molecular weight is 292 g/mol. The maximum absolute atomic E-state index is 13.8. The first-order valence-electron chi connectivity index (χ1n) is 6.15. The molecule has 0 amide bonds. The van der Waals surface area contributed by atoms with Crippen LogP contribution in [-0.4, -0.2) is 0 Å². The zero-order chi connectivity index (χ0) is 14.9. The van der Waals surface area contributed by atoms with E-state index in [2.05, 4.69) is 5.32 Å². The summed E-state index contributed by atoms with van der Waals surface area (Å²) in [6.07, 6.45) is 0. The Morgan fingerprint density at radius 2 is 1.95 bits per heavy atom. The van der Waals surface area contributed by atoms with Crippen LogP contribution in [0.5, 0.6) is 0 Å². The van der Waals surface area contributed by atoms with Gasteiger partial charge in [0.25, 0.3) is 0 Å². The summed E-state index contributed by atoms with van der Waals surface area (Å²) in [5, 5.41) is 11.6. The van der Waals surface area contributed by atoms with Gasteiger partial charge in [0.2, 0.25) is 0 Å². The zero-order valence-corrected chi connectivity index (χ0v) is 12.2. The van der Waals surface area contributed by atoms with Crippen molar-refractivity contribution in [3.05, 3.63) is 50.7 Å². The highest BCUT2D eigenvalue weighted by atomic mass is 32.1. The highest BCUT2D eigenvalue weighted by Gasteiger charge is 2.17. The lowest BCUT2D eigenvalue weighted by molar-refractivity contribution is 0.507. The Bertz CT molecular complexity index is 686. The molecule has 2 nitrogen and oxygen atoms in total. The average Bonchev–Trinajstić information content (AvgIpc) is 2.74. The van der Waals surface area contributed by atoms with Crippen LogP contribution in [0.1, 0.15) is 33.8 Å². The van der Waals surface area contributed by atoms with E-state index in [1.165, 1.54) is 17.0 Å². The van der Waals surface area contributed by atoms with Gasteiger partial charge in [0, 0.05) is 15.8 Å². The first-order chi connectivity index (χ1) is 9.43. The molecule has 2 aromatic rings. The van der Waals surface area contributed by atoms with Crippen LogP contribution >= 0.6 is 11.3 Å². The van der Waals surface area contributed by atoms with Crippen molar-refractivity contribution in [2.75, 3.05) is 5.32 Å². The Morgan fingerprint density at radius 1 is 1.25 bits per heavy atom. The molecule has 0 bridgehead atoms. The molecule has 1 atom stereocenters. The van der Waals surface area contributed by atoms with Crippen LogP contribution in [-0.2, 0) is 0 Å². The van der Waals surface area contributed by atoms with Crippen LogP contribution in [0.25, 0.3) is 0 Å². The molecule has 0 radical (unpaired) electrons. The molecule has 0 saturated heterocycles. The molecule has 5 heteroatoms. The van der Waals surface area contributed by atoms with Gasteiger partial charge in [0.15, 0.2) is 11.6 Å². The second-order valence-electron chi connectivity index (χ2n) is 4.64. The van der Waals surface area contributed by atoms with Gasteiger partial charge in [-0.1, -0.05) is 0 Å². The molecule has 20 heavy (non-hydrogen) atoms. The summed E-state index contributed by atoms with van der Waals surface area (Å²) in [7, 11) is 0. The predicted octanol–water partition coefficient (Wildman–Crippen LogP) is 4.69. The van der Waals surface area contributed by atoms with E-state index in [0.29, 0.717) is 0 Å². The van der Waals surface area contributed by atoms with Gasteiger partial charge in [-0.15, -0.1) is 11.3 Å². The van der Waals surface area contributed by atoms with Gasteiger partial charge in [-0.2, -0.15) is 5.26 Å². The molecule has 0 spiro atoms. The second kappa shape index (κ2) is 5.59. The predicted molar refractivity (Wildman–Crippen MR) is 76.9 cm³/mol. The Balaban J connectivity index is 2.29. The van der Waals surface area contributed by atoms with Gasteiger partial charge in [-0.3, -0.25) is 0 Å². The molecule has 1 heterocycles. The van der Waals surface area contributed by atoms with E-state index < -0.39 is 11.6 Å². The molecule has 0 aliphatic carbocycles. The summed E-state index contributed by atoms with van der Waals surface area (Å²) in [5.74, 6) is -2.12. The number of nitrogens with zero attached hydrogens (tertiary/aromatic N) is 1. The van der Waals surface area contributed by atoms with Crippen molar-refractivity contribution in [3.63, 3.8) is 0 Å². The Morgan fingerprint density at radius 3 is 2.50 bits per heavy atom. The molecule has 0 aliphatic heterocycles. The number of hydrogen-bond donors (Lipinski definition) is 1. The number of anilines is 1. The summed E-state index contributed by atoms with van der Waals surface area (Å²) in [5.41, 5.74) is 0.845. The normalized spacial score (nSPS) is 12.0. The van der Waals surface area contributed by atoms with E-state index in [9.17, 15) is 8.78 Å². The lowest BCUT2D eigenvalue weighted by Gasteiger charge is -2.16. The van der Waals surface area contributed by atoms with Crippen LogP contribution in [0.3, 0.4) is 0 Å². The van der Waals surface area contributed by atoms with E-state index in [-0.39, 0.29) is 17.3 Å². The first kappa shape index (κ1) is 14.5. The third-order valence-electron chi connectivity index (χ3n) is 3.12. The monoisotopic (exact) mass is 292 g/mol. The van der Waals surface area contributed by atoms with Crippen molar-refractivity contribution in [1.82, 2.24) is 0 Å². The minimum Gasteiger partial charge on any atom is -0.376 e. The van der Waals surface area contributed by atoms with Gasteiger partial charge in [0.1, 0.15) is 6.07 Å². The van der Waals surface area contributed by atoms with Crippen molar-refractivity contribution < 1.29 is 8.78 Å². The van der Waals surface area contributed by atoms with E-state index in [0.717, 1.165) is 10.4 Å². The molecule has 104 valence electrons. The molecule has 1 N–H and O–H groups in total. The number of aryl methyl sites for hydroxylation is 2. The lowest BCUT2D eigenvalue weighted by Crippen LogP contribution is -2.09. The number of nitrogens with one attached hydrogen (secondary N) is 1. The summed E-state index contributed by atoms with van der Waals surface area (Å²) >= 11 is 1.67. The summed E-state index contributed by atoms with van der Waals surface area (Å²) in [4.78, 5) is 2.33. The zero-order valence-electron chi connectivity index (χ0n) is 11.4. The Labute approximate surface area is 120 Å². The fourth-order valence-corrected chi connectivity index (χ4v) is 3.16. The standard InChI is InChI=1S/C15H14F2N2S/c1-8-6-12(10(3)20-8)9(2)19-13-5-4-11(7-18)14(16)15(13)17/h4-6,9,19H,1-3H3. The highest BCUT2D eigenvalue weighted by Crippen LogP contribution is 2.30. The van der Waals surface area contributed by atoms with Crippen molar-refractivity contribution in [2.45, 2.75) is 26.8 Å².